The first kappa shape index (κ1) is 20.6. The number of hydrogen-bond acceptors (Lipinski definition) is 3. The molecule has 0 radical (unpaired) electrons. The van der Waals surface area contributed by atoms with Crippen LogP contribution in [0.3, 0.4) is 0 Å². The van der Waals surface area contributed by atoms with Crippen LogP contribution >= 0.6 is 0 Å². The number of likely N-dealkylation sites (tertiary alicyclic amines) is 1. The molecule has 3 rings (SSSR count). The number of piperidine rings is 1. The minimum Gasteiger partial charge on any atom is -0.357 e. The van der Waals surface area contributed by atoms with Gasteiger partial charge in [-0.1, -0.05) is 24.3 Å². The van der Waals surface area contributed by atoms with Crippen molar-refractivity contribution in [1.29, 1.82) is 0 Å². The van der Waals surface area contributed by atoms with Gasteiger partial charge in [-0.15, -0.1) is 0 Å². The van der Waals surface area contributed by atoms with E-state index in [1.165, 1.54) is 11.1 Å². The Hall–Kier alpha value is -2.08. The highest BCUT2D eigenvalue weighted by molar-refractivity contribution is 5.85. The van der Waals surface area contributed by atoms with Crippen LogP contribution in [0.25, 0.3) is 0 Å². The number of hydrogen-bond donors (Lipinski definition) is 2. The summed E-state index contributed by atoms with van der Waals surface area (Å²) in [7, 11) is 0. The van der Waals surface area contributed by atoms with Crippen LogP contribution in [0, 0.1) is 0 Å². The zero-order chi connectivity index (χ0) is 19.9. The van der Waals surface area contributed by atoms with E-state index in [0.717, 1.165) is 51.4 Å². The van der Waals surface area contributed by atoms with Crippen molar-refractivity contribution in [3.05, 3.63) is 35.4 Å². The van der Waals surface area contributed by atoms with Gasteiger partial charge in [0, 0.05) is 44.8 Å². The summed E-state index contributed by atoms with van der Waals surface area (Å²) >= 11 is 0. The molecule has 2 N–H and O–H groups in total. The number of nitrogens with zero attached hydrogens (tertiary/aromatic N) is 3. The van der Waals surface area contributed by atoms with E-state index in [9.17, 15) is 4.79 Å². The number of carbonyl (C=O) groups excluding carboxylic acids is 1. The number of aliphatic imine (C=N–C) groups is 1. The molecular formula is C22H35N5O. The van der Waals surface area contributed by atoms with E-state index in [-0.39, 0.29) is 12.5 Å². The quantitative estimate of drug-likeness (QED) is 0.601. The molecule has 2 heterocycles. The molecule has 0 bridgehead atoms. The Morgan fingerprint density at radius 1 is 1.18 bits per heavy atom. The lowest BCUT2D eigenvalue weighted by Gasteiger charge is -2.35. The lowest BCUT2D eigenvalue weighted by Crippen LogP contribution is -2.50. The molecule has 2 aliphatic rings. The zero-order valence-electron chi connectivity index (χ0n) is 17.6. The molecule has 2 aliphatic heterocycles. The summed E-state index contributed by atoms with van der Waals surface area (Å²) in [5.41, 5.74) is 2.62. The molecule has 0 unspecified atom stereocenters. The molecule has 1 aromatic carbocycles. The molecule has 28 heavy (non-hydrogen) atoms. The lowest BCUT2D eigenvalue weighted by atomic mass is 10.00. The molecule has 0 aliphatic carbocycles. The Bertz CT molecular complexity index is 679. The topological polar surface area (TPSA) is 60.0 Å². The van der Waals surface area contributed by atoms with Gasteiger partial charge in [-0.2, -0.15) is 0 Å². The second-order valence-corrected chi connectivity index (χ2v) is 8.08. The first-order chi connectivity index (χ1) is 13.6. The highest BCUT2D eigenvalue weighted by Crippen LogP contribution is 2.18. The van der Waals surface area contributed by atoms with Crippen molar-refractivity contribution in [3.63, 3.8) is 0 Å². The van der Waals surface area contributed by atoms with Gasteiger partial charge >= 0.3 is 0 Å². The molecule has 0 atom stereocenters. The monoisotopic (exact) mass is 385 g/mol. The molecule has 6 heteroatoms. The fraction of sp³-hybridized carbons (Fsp3) is 0.636. The van der Waals surface area contributed by atoms with Crippen molar-refractivity contribution >= 4 is 11.9 Å². The van der Waals surface area contributed by atoms with Crippen LogP contribution in [0.4, 0.5) is 0 Å². The van der Waals surface area contributed by atoms with E-state index < -0.39 is 0 Å². The van der Waals surface area contributed by atoms with Crippen molar-refractivity contribution in [3.8, 4) is 0 Å². The summed E-state index contributed by atoms with van der Waals surface area (Å²) in [5.74, 6) is 0.859. The fourth-order valence-corrected chi connectivity index (χ4v) is 4.03. The van der Waals surface area contributed by atoms with Crippen molar-refractivity contribution in [2.45, 2.75) is 58.7 Å². The number of rotatable bonds is 5. The highest BCUT2D eigenvalue weighted by atomic mass is 16.2. The standard InChI is InChI=1S/C22H35N5O/c1-4-23-22(25-20-10-13-26(14-11-20)17(2)3)24-15-21(28)27-12-9-18-7-5-6-8-19(18)16-27/h5-8,17,20H,4,9-16H2,1-3H3,(H2,23,24,25). The summed E-state index contributed by atoms with van der Waals surface area (Å²) < 4.78 is 0. The summed E-state index contributed by atoms with van der Waals surface area (Å²) in [6.45, 7) is 11.3. The number of carbonyl (C=O) groups is 1. The van der Waals surface area contributed by atoms with Crippen molar-refractivity contribution in [1.82, 2.24) is 20.4 Å². The van der Waals surface area contributed by atoms with Gasteiger partial charge in [-0.25, -0.2) is 4.99 Å². The van der Waals surface area contributed by atoms with E-state index in [2.05, 4.69) is 59.5 Å². The average Bonchev–Trinajstić information content (AvgIpc) is 2.72. The first-order valence-electron chi connectivity index (χ1n) is 10.7. The smallest absolute Gasteiger partial charge is 0.244 e. The molecular weight excluding hydrogens is 350 g/mol. The molecule has 0 aromatic heterocycles. The Morgan fingerprint density at radius 3 is 2.57 bits per heavy atom. The number of benzene rings is 1. The van der Waals surface area contributed by atoms with Gasteiger partial charge < -0.3 is 20.4 Å². The fourth-order valence-electron chi connectivity index (χ4n) is 4.03. The van der Waals surface area contributed by atoms with E-state index >= 15 is 0 Å². The number of fused-ring (bicyclic) bond motifs is 1. The largest absolute Gasteiger partial charge is 0.357 e. The summed E-state index contributed by atoms with van der Waals surface area (Å²) in [4.78, 5) is 21.7. The molecule has 0 spiro atoms. The van der Waals surface area contributed by atoms with Gasteiger partial charge in [0.1, 0.15) is 6.54 Å². The Kier molecular flexibility index (Phi) is 7.31. The van der Waals surface area contributed by atoms with Crippen LogP contribution in [0.1, 0.15) is 44.7 Å². The third-order valence-corrected chi connectivity index (χ3v) is 5.80. The second kappa shape index (κ2) is 9.92. The van der Waals surface area contributed by atoms with Gasteiger partial charge in [0.05, 0.1) is 0 Å². The van der Waals surface area contributed by atoms with Gasteiger partial charge in [-0.05, 0) is 51.2 Å². The van der Waals surface area contributed by atoms with Gasteiger partial charge in [-0.3, -0.25) is 4.79 Å². The number of nitrogens with one attached hydrogen (secondary N) is 2. The van der Waals surface area contributed by atoms with E-state index in [4.69, 9.17) is 0 Å². The maximum atomic E-state index is 12.7. The molecule has 0 saturated carbocycles. The molecule has 1 fully saturated rings. The SMILES string of the molecule is CCNC(=NCC(=O)N1CCc2ccccc2C1)NC1CCN(C(C)C)CC1. The van der Waals surface area contributed by atoms with Crippen molar-refractivity contribution < 1.29 is 4.79 Å². The maximum Gasteiger partial charge on any atom is 0.244 e. The minimum atomic E-state index is 0.0985. The average molecular weight is 386 g/mol. The van der Waals surface area contributed by atoms with Gasteiger partial charge in [0.25, 0.3) is 0 Å². The second-order valence-electron chi connectivity index (χ2n) is 8.08. The lowest BCUT2D eigenvalue weighted by molar-refractivity contribution is -0.130. The third-order valence-electron chi connectivity index (χ3n) is 5.80. The van der Waals surface area contributed by atoms with Crippen LogP contribution in [0.2, 0.25) is 0 Å². The maximum absolute atomic E-state index is 12.7. The third kappa shape index (κ3) is 5.47. The van der Waals surface area contributed by atoms with Crippen LogP contribution < -0.4 is 10.6 Å². The normalized spacial score (nSPS) is 18.9. The zero-order valence-corrected chi connectivity index (χ0v) is 17.6. The highest BCUT2D eigenvalue weighted by Gasteiger charge is 2.22. The van der Waals surface area contributed by atoms with E-state index in [0.29, 0.717) is 18.6 Å². The molecule has 1 saturated heterocycles. The Labute approximate surface area is 169 Å². The minimum absolute atomic E-state index is 0.0985. The van der Waals surface area contributed by atoms with Gasteiger partial charge in [0.2, 0.25) is 5.91 Å². The van der Waals surface area contributed by atoms with E-state index in [1.54, 1.807) is 0 Å². The molecule has 6 nitrogen and oxygen atoms in total. The number of amides is 1. The Balaban J connectivity index is 1.52. The number of guanidine groups is 1. The first-order valence-corrected chi connectivity index (χ1v) is 10.7. The van der Waals surface area contributed by atoms with E-state index in [1.807, 2.05) is 11.0 Å². The Morgan fingerprint density at radius 2 is 1.89 bits per heavy atom. The van der Waals surface area contributed by atoms with Crippen LogP contribution in [-0.4, -0.2) is 66.5 Å². The van der Waals surface area contributed by atoms with Crippen LogP contribution in [-0.2, 0) is 17.8 Å². The van der Waals surface area contributed by atoms with Crippen molar-refractivity contribution in [2.75, 3.05) is 32.7 Å². The predicted molar refractivity (Wildman–Crippen MR) is 114 cm³/mol. The molecule has 1 aromatic rings. The predicted octanol–water partition coefficient (Wildman–Crippen LogP) is 2.00. The molecule has 1 amide bonds. The summed E-state index contributed by atoms with van der Waals surface area (Å²) in [6, 6.07) is 9.42. The summed E-state index contributed by atoms with van der Waals surface area (Å²) in [5, 5.41) is 6.82. The van der Waals surface area contributed by atoms with Crippen LogP contribution in [0.15, 0.2) is 29.3 Å². The van der Waals surface area contributed by atoms with Crippen LogP contribution in [0.5, 0.6) is 0 Å². The van der Waals surface area contributed by atoms with Gasteiger partial charge in [0.15, 0.2) is 5.96 Å². The van der Waals surface area contributed by atoms with Crippen molar-refractivity contribution in [2.24, 2.45) is 4.99 Å². The summed E-state index contributed by atoms with van der Waals surface area (Å²) in [6.07, 6.45) is 3.15. The molecule has 154 valence electrons.